The third-order valence-electron chi connectivity index (χ3n) is 3.66. The summed E-state index contributed by atoms with van der Waals surface area (Å²) in [6, 6.07) is 6.78. The van der Waals surface area contributed by atoms with E-state index in [1.165, 1.54) is 0 Å². The summed E-state index contributed by atoms with van der Waals surface area (Å²) in [5.74, 6) is -1.55. The van der Waals surface area contributed by atoms with Gasteiger partial charge in [0.25, 0.3) is 0 Å². The summed E-state index contributed by atoms with van der Waals surface area (Å²) in [7, 11) is 0. The molecule has 1 amide bonds. The van der Waals surface area contributed by atoms with Crippen LogP contribution in [0.5, 0.6) is 0 Å². The zero-order valence-corrected chi connectivity index (χ0v) is 13.7. The van der Waals surface area contributed by atoms with Crippen molar-refractivity contribution in [3.63, 3.8) is 0 Å². The molecule has 0 radical (unpaired) electrons. The number of nitrogens with zero attached hydrogens (tertiary/aromatic N) is 1. The lowest BCUT2D eigenvalue weighted by Crippen LogP contribution is -2.37. The fourth-order valence-corrected chi connectivity index (χ4v) is 2.22. The molecule has 5 nitrogen and oxygen atoms in total. The summed E-state index contributed by atoms with van der Waals surface area (Å²) in [5, 5.41) is 20.8. The molecule has 0 aliphatic heterocycles. The molecule has 0 bridgehead atoms. The molecule has 1 atom stereocenters. The summed E-state index contributed by atoms with van der Waals surface area (Å²) in [5.41, 5.74) is -0.142. The maximum atomic E-state index is 12.1. The first kappa shape index (κ1) is 17.2. The van der Waals surface area contributed by atoms with Gasteiger partial charge in [-0.25, -0.2) is 0 Å². The molecule has 0 saturated heterocycles. The van der Waals surface area contributed by atoms with Gasteiger partial charge in [-0.1, -0.05) is 13.8 Å². The molecule has 1 aromatic rings. The number of hydrogen-bond donors (Lipinski definition) is 2. The lowest BCUT2D eigenvalue weighted by Gasteiger charge is -2.28. The van der Waals surface area contributed by atoms with E-state index in [0.29, 0.717) is 15.7 Å². The molecule has 0 spiro atoms. The summed E-state index contributed by atoms with van der Waals surface area (Å²) in [6.45, 7) is 5.12. The van der Waals surface area contributed by atoms with Crippen molar-refractivity contribution in [2.24, 2.45) is 11.3 Å². The van der Waals surface area contributed by atoms with Crippen LogP contribution in [-0.2, 0) is 9.59 Å². The van der Waals surface area contributed by atoms with E-state index >= 15 is 0 Å². The van der Waals surface area contributed by atoms with Crippen molar-refractivity contribution in [3.05, 3.63) is 28.2 Å². The van der Waals surface area contributed by atoms with Crippen molar-refractivity contribution in [1.29, 1.82) is 5.26 Å². The SMILES string of the molecule is CC(C)C(C)(CC(=O)Nc1ccc(C#N)cc1Br)C(=O)O. The van der Waals surface area contributed by atoms with Gasteiger partial charge in [0.15, 0.2) is 0 Å². The van der Waals surface area contributed by atoms with Crippen molar-refractivity contribution in [2.75, 3.05) is 5.32 Å². The van der Waals surface area contributed by atoms with E-state index in [-0.39, 0.29) is 18.2 Å². The van der Waals surface area contributed by atoms with Gasteiger partial charge in [0, 0.05) is 10.9 Å². The van der Waals surface area contributed by atoms with Crippen molar-refractivity contribution in [2.45, 2.75) is 27.2 Å². The van der Waals surface area contributed by atoms with Gasteiger partial charge in [-0.2, -0.15) is 5.26 Å². The van der Waals surface area contributed by atoms with Gasteiger partial charge in [0.1, 0.15) is 0 Å². The Kier molecular flexibility index (Phi) is 5.50. The zero-order chi connectivity index (χ0) is 16.2. The highest BCUT2D eigenvalue weighted by Crippen LogP contribution is 2.32. The second-order valence-corrected chi connectivity index (χ2v) is 6.26. The van der Waals surface area contributed by atoms with Crippen LogP contribution in [0.4, 0.5) is 5.69 Å². The number of anilines is 1. The number of amides is 1. The van der Waals surface area contributed by atoms with Crippen LogP contribution < -0.4 is 5.32 Å². The molecule has 2 N–H and O–H groups in total. The molecule has 0 fully saturated rings. The molecule has 1 rings (SSSR count). The number of carboxylic acids is 1. The first-order valence-corrected chi connectivity index (χ1v) is 7.23. The monoisotopic (exact) mass is 352 g/mol. The lowest BCUT2D eigenvalue weighted by molar-refractivity contribution is -0.153. The van der Waals surface area contributed by atoms with E-state index in [1.807, 2.05) is 6.07 Å². The fourth-order valence-electron chi connectivity index (χ4n) is 1.74. The van der Waals surface area contributed by atoms with Gasteiger partial charge in [-0.15, -0.1) is 0 Å². The van der Waals surface area contributed by atoms with Gasteiger partial charge in [-0.05, 0) is 47.0 Å². The molecule has 0 aliphatic carbocycles. The first-order chi connectivity index (χ1) is 9.70. The molecule has 21 heavy (non-hydrogen) atoms. The highest BCUT2D eigenvalue weighted by atomic mass is 79.9. The Hall–Kier alpha value is -1.87. The number of carbonyl (C=O) groups is 2. The number of carbonyl (C=O) groups excluding carboxylic acids is 1. The lowest BCUT2D eigenvalue weighted by atomic mass is 9.76. The molecule has 0 aliphatic rings. The quantitative estimate of drug-likeness (QED) is 0.849. The number of nitrogens with one attached hydrogen (secondary N) is 1. The van der Waals surface area contributed by atoms with Crippen LogP contribution in [0.3, 0.4) is 0 Å². The average molecular weight is 353 g/mol. The normalized spacial score (nSPS) is 13.3. The molecular formula is C15H17BrN2O3. The Morgan fingerprint density at radius 2 is 2.10 bits per heavy atom. The van der Waals surface area contributed by atoms with E-state index in [1.54, 1.807) is 39.0 Å². The van der Waals surface area contributed by atoms with Crippen LogP contribution in [-0.4, -0.2) is 17.0 Å². The number of halogens is 1. The number of rotatable bonds is 5. The van der Waals surface area contributed by atoms with E-state index in [2.05, 4.69) is 21.2 Å². The van der Waals surface area contributed by atoms with Crippen LogP contribution in [0, 0.1) is 22.7 Å². The van der Waals surface area contributed by atoms with Gasteiger partial charge in [0.2, 0.25) is 5.91 Å². The van der Waals surface area contributed by atoms with E-state index in [4.69, 9.17) is 5.26 Å². The van der Waals surface area contributed by atoms with Gasteiger partial charge in [-0.3, -0.25) is 9.59 Å². The number of nitriles is 1. The molecular weight excluding hydrogens is 336 g/mol. The first-order valence-electron chi connectivity index (χ1n) is 6.43. The van der Waals surface area contributed by atoms with E-state index in [0.717, 1.165) is 0 Å². The Balaban J connectivity index is 2.87. The van der Waals surface area contributed by atoms with Crippen LogP contribution in [0.2, 0.25) is 0 Å². The molecule has 112 valence electrons. The van der Waals surface area contributed by atoms with Crippen molar-refractivity contribution >= 4 is 33.5 Å². The van der Waals surface area contributed by atoms with Crippen LogP contribution >= 0.6 is 15.9 Å². The molecule has 0 aromatic heterocycles. The number of aliphatic carboxylic acids is 1. The van der Waals surface area contributed by atoms with Gasteiger partial charge >= 0.3 is 5.97 Å². The fraction of sp³-hybridized carbons (Fsp3) is 0.400. The number of hydrogen-bond acceptors (Lipinski definition) is 3. The van der Waals surface area contributed by atoms with Crippen molar-refractivity contribution < 1.29 is 14.7 Å². The smallest absolute Gasteiger partial charge is 0.310 e. The zero-order valence-electron chi connectivity index (χ0n) is 12.1. The largest absolute Gasteiger partial charge is 0.481 e. The minimum atomic E-state index is -1.12. The molecule has 0 heterocycles. The summed E-state index contributed by atoms with van der Waals surface area (Å²) >= 11 is 3.27. The second-order valence-electron chi connectivity index (χ2n) is 5.41. The van der Waals surface area contributed by atoms with Crippen LogP contribution in [0.1, 0.15) is 32.8 Å². The van der Waals surface area contributed by atoms with Crippen LogP contribution in [0.25, 0.3) is 0 Å². The van der Waals surface area contributed by atoms with Gasteiger partial charge in [0.05, 0.1) is 22.7 Å². The van der Waals surface area contributed by atoms with E-state index < -0.39 is 11.4 Å². The molecule has 6 heteroatoms. The third-order valence-corrected chi connectivity index (χ3v) is 4.32. The third kappa shape index (κ3) is 4.05. The minimum absolute atomic E-state index is 0.119. The van der Waals surface area contributed by atoms with E-state index in [9.17, 15) is 14.7 Å². The summed E-state index contributed by atoms with van der Waals surface area (Å²) < 4.78 is 0.580. The highest BCUT2D eigenvalue weighted by molar-refractivity contribution is 9.10. The predicted octanol–water partition coefficient (Wildman–Crippen LogP) is 3.40. The Labute approximate surface area is 132 Å². The molecule has 1 unspecified atom stereocenters. The van der Waals surface area contributed by atoms with Crippen molar-refractivity contribution in [1.82, 2.24) is 0 Å². The maximum Gasteiger partial charge on any atom is 0.310 e. The Morgan fingerprint density at radius 3 is 2.52 bits per heavy atom. The summed E-state index contributed by atoms with van der Waals surface area (Å²) in [6.07, 6.45) is -0.119. The summed E-state index contributed by atoms with van der Waals surface area (Å²) in [4.78, 5) is 23.5. The minimum Gasteiger partial charge on any atom is -0.481 e. The maximum absolute atomic E-state index is 12.1. The molecule has 0 saturated carbocycles. The van der Waals surface area contributed by atoms with Gasteiger partial charge < -0.3 is 10.4 Å². The number of carboxylic acid groups (broad SMARTS) is 1. The Morgan fingerprint density at radius 1 is 1.48 bits per heavy atom. The van der Waals surface area contributed by atoms with Crippen molar-refractivity contribution in [3.8, 4) is 6.07 Å². The topological polar surface area (TPSA) is 90.2 Å². The second kappa shape index (κ2) is 6.72. The predicted molar refractivity (Wildman–Crippen MR) is 82.7 cm³/mol. The average Bonchev–Trinajstić information content (AvgIpc) is 2.40. The Bertz CT molecular complexity index is 607. The highest BCUT2D eigenvalue weighted by Gasteiger charge is 2.38. The molecule has 1 aromatic carbocycles. The number of benzene rings is 1. The van der Waals surface area contributed by atoms with Crippen LogP contribution in [0.15, 0.2) is 22.7 Å². The standard InChI is InChI=1S/C15H17BrN2O3/c1-9(2)15(3,14(20)21)7-13(19)18-12-5-4-10(8-17)6-11(12)16/h4-6,9H,7H2,1-3H3,(H,18,19)(H,20,21).